The van der Waals surface area contributed by atoms with Crippen LogP contribution in [0.2, 0.25) is 10.3 Å². The van der Waals surface area contributed by atoms with Gasteiger partial charge in [0.1, 0.15) is 22.5 Å². The molecule has 18 heavy (non-hydrogen) atoms. The lowest BCUT2D eigenvalue weighted by molar-refractivity contribution is 0.726. The maximum absolute atomic E-state index is 5.99. The van der Waals surface area contributed by atoms with Crippen LogP contribution in [-0.4, -0.2) is 27.0 Å². The van der Waals surface area contributed by atoms with E-state index in [1.165, 1.54) is 11.3 Å². The Morgan fingerprint density at radius 1 is 1.44 bits per heavy atom. The van der Waals surface area contributed by atoms with E-state index in [-0.39, 0.29) is 0 Å². The summed E-state index contributed by atoms with van der Waals surface area (Å²) in [6.07, 6.45) is 1.60. The molecule has 0 atom stereocenters. The second-order valence-electron chi connectivity index (χ2n) is 3.55. The van der Waals surface area contributed by atoms with E-state index >= 15 is 0 Å². The van der Waals surface area contributed by atoms with Gasteiger partial charge in [-0.05, 0) is 0 Å². The summed E-state index contributed by atoms with van der Waals surface area (Å²) in [4.78, 5) is 12.6. The van der Waals surface area contributed by atoms with Crippen LogP contribution in [0.3, 0.4) is 0 Å². The number of hydrogen-bond acceptors (Lipinski definition) is 6. The first-order valence-corrected chi connectivity index (χ1v) is 6.72. The Morgan fingerprint density at radius 3 is 3.00 bits per heavy atom. The van der Waals surface area contributed by atoms with Crippen LogP contribution in [0.25, 0.3) is 0 Å². The van der Waals surface area contributed by atoms with Crippen LogP contribution in [0.15, 0.2) is 16.7 Å². The van der Waals surface area contributed by atoms with E-state index in [4.69, 9.17) is 23.2 Å². The summed E-state index contributed by atoms with van der Waals surface area (Å²) >= 11 is 13.3. The minimum atomic E-state index is 0.305. The molecule has 0 unspecified atom stereocenters. The highest BCUT2D eigenvalue weighted by Gasteiger charge is 2.13. The Morgan fingerprint density at radius 2 is 2.33 bits per heavy atom. The number of nitrogens with zero attached hydrogens (tertiary/aromatic N) is 4. The summed E-state index contributed by atoms with van der Waals surface area (Å²) < 4.78 is 1.74. The highest BCUT2D eigenvalue weighted by Crippen LogP contribution is 2.21. The summed E-state index contributed by atoms with van der Waals surface area (Å²) in [6, 6.07) is 0. The number of amidine groups is 1. The highest BCUT2D eigenvalue weighted by molar-refractivity contribution is 7.09. The van der Waals surface area contributed by atoms with Crippen molar-refractivity contribution in [2.24, 2.45) is 4.99 Å². The van der Waals surface area contributed by atoms with E-state index in [1.54, 1.807) is 10.9 Å². The zero-order chi connectivity index (χ0) is 12.5. The minimum absolute atomic E-state index is 0.305. The number of nitrogens with one attached hydrogen (secondary N) is 2. The van der Waals surface area contributed by atoms with E-state index in [9.17, 15) is 0 Å². The third kappa shape index (κ3) is 2.22. The highest BCUT2D eigenvalue weighted by atomic mass is 35.5. The SMILES string of the molecule is Clc1ncn(Cc2nc(C3=NCNN3)cs2)c1Cl. The van der Waals surface area contributed by atoms with Crippen molar-refractivity contribution in [2.45, 2.75) is 6.54 Å². The molecule has 9 heteroatoms. The average molecular weight is 303 g/mol. The van der Waals surface area contributed by atoms with Gasteiger partial charge in [-0.15, -0.1) is 11.3 Å². The molecule has 0 aliphatic carbocycles. The van der Waals surface area contributed by atoms with Crippen molar-refractivity contribution in [1.29, 1.82) is 0 Å². The Hall–Kier alpha value is -1.15. The van der Waals surface area contributed by atoms with Crippen molar-refractivity contribution < 1.29 is 0 Å². The van der Waals surface area contributed by atoms with Crippen molar-refractivity contribution in [3.63, 3.8) is 0 Å². The second kappa shape index (κ2) is 4.85. The Bertz CT molecular complexity index is 604. The van der Waals surface area contributed by atoms with E-state index in [2.05, 4.69) is 25.8 Å². The maximum atomic E-state index is 5.99. The Labute approximate surface area is 117 Å². The van der Waals surface area contributed by atoms with Crippen LogP contribution in [-0.2, 0) is 6.54 Å². The minimum Gasteiger partial charge on any atom is -0.313 e. The van der Waals surface area contributed by atoms with Crippen molar-refractivity contribution in [1.82, 2.24) is 25.4 Å². The molecule has 0 amide bonds. The van der Waals surface area contributed by atoms with Gasteiger partial charge in [0.2, 0.25) is 0 Å². The van der Waals surface area contributed by atoms with Crippen molar-refractivity contribution in [3.8, 4) is 0 Å². The number of aromatic nitrogens is 3. The molecular weight excluding hydrogens is 295 g/mol. The largest absolute Gasteiger partial charge is 0.313 e. The van der Waals surface area contributed by atoms with Gasteiger partial charge in [0.25, 0.3) is 0 Å². The first-order chi connectivity index (χ1) is 8.74. The molecule has 3 rings (SSSR count). The maximum Gasteiger partial charge on any atom is 0.166 e. The van der Waals surface area contributed by atoms with Crippen LogP contribution in [0.1, 0.15) is 10.7 Å². The van der Waals surface area contributed by atoms with Gasteiger partial charge in [0, 0.05) is 5.38 Å². The van der Waals surface area contributed by atoms with Gasteiger partial charge in [-0.25, -0.2) is 20.4 Å². The molecule has 2 N–H and O–H groups in total. The fourth-order valence-electron chi connectivity index (χ4n) is 1.52. The molecule has 2 aromatic heterocycles. The second-order valence-corrected chi connectivity index (χ2v) is 5.21. The zero-order valence-electron chi connectivity index (χ0n) is 9.02. The molecule has 0 aromatic carbocycles. The lowest BCUT2D eigenvalue weighted by atomic mass is 10.4. The average Bonchev–Trinajstić information content (AvgIpc) is 3.06. The molecule has 0 saturated carbocycles. The zero-order valence-corrected chi connectivity index (χ0v) is 11.4. The number of aliphatic imine (C=N–C) groups is 1. The molecule has 3 heterocycles. The van der Waals surface area contributed by atoms with Gasteiger partial charge < -0.3 is 9.99 Å². The van der Waals surface area contributed by atoms with Crippen LogP contribution >= 0.6 is 34.5 Å². The molecule has 0 spiro atoms. The summed E-state index contributed by atoms with van der Waals surface area (Å²) in [6.45, 7) is 1.11. The lowest BCUT2D eigenvalue weighted by Crippen LogP contribution is -2.30. The standard InChI is InChI=1S/C9H8Cl2N6S/c10-7-8(11)17(4-13-7)1-6-15-5(2-18-6)9-12-3-14-16-9/h2,4,14H,1,3H2,(H,12,16). The van der Waals surface area contributed by atoms with Crippen LogP contribution < -0.4 is 10.9 Å². The smallest absolute Gasteiger partial charge is 0.166 e. The van der Waals surface area contributed by atoms with Gasteiger partial charge in [0.05, 0.1) is 12.9 Å². The first kappa shape index (κ1) is 11.9. The van der Waals surface area contributed by atoms with Gasteiger partial charge >= 0.3 is 0 Å². The normalized spacial score (nSPS) is 14.7. The lowest BCUT2D eigenvalue weighted by Gasteiger charge is -2.00. The van der Waals surface area contributed by atoms with Crippen molar-refractivity contribution in [3.05, 3.63) is 32.7 Å². The summed E-state index contributed by atoms with van der Waals surface area (Å²) in [5, 5.41) is 3.59. The Balaban J connectivity index is 1.79. The number of thiazole rings is 1. The molecule has 1 aliphatic heterocycles. The molecule has 0 saturated heterocycles. The number of rotatable bonds is 3. The number of hydrazine groups is 1. The van der Waals surface area contributed by atoms with E-state index in [0.717, 1.165) is 16.5 Å². The monoisotopic (exact) mass is 302 g/mol. The van der Waals surface area contributed by atoms with E-state index < -0.39 is 0 Å². The number of halogens is 2. The van der Waals surface area contributed by atoms with Gasteiger partial charge in [-0.1, -0.05) is 23.2 Å². The van der Waals surface area contributed by atoms with Crippen molar-refractivity contribution >= 4 is 40.4 Å². The van der Waals surface area contributed by atoms with Crippen LogP contribution in [0.4, 0.5) is 0 Å². The molecule has 94 valence electrons. The molecule has 6 nitrogen and oxygen atoms in total. The predicted molar refractivity (Wildman–Crippen MR) is 71.1 cm³/mol. The fraction of sp³-hybridized carbons (Fsp3) is 0.222. The first-order valence-electron chi connectivity index (χ1n) is 5.08. The molecule has 2 aromatic rings. The van der Waals surface area contributed by atoms with Crippen LogP contribution in [0, 0.1) is 0 Å². The fourth-order valence-corrected chi connectivity index (χ4v) is 2.60. The summed E-state index contributed by atoms with van der Waals surface area (Å²) in [7, 11) is 0. The summed E-state index contributed by atoms with van der Waals surface area (Å²) in [5.74, 6) is 0.757. The predicted octanol–water partition coefficient (Wildman–Crippen LogP) is 1.51. The van der Waals surface area contributed by atoms with Gasteiger partial charge in [-0.2, -0.15) is 0 Å². The van der Waals surface area contributed by atoms with Gasteiger partial charge in [-0.3, -0.25) is 0 Å². The molecule has 0 radical (unpaired) electrons. The molecule has 1 aliphatic rings. The number of hydrogen-bond donors (Lipinski definition) is 2. The van der Waals surface area contributed by atoms with Gasteiger partial charge in [0.15, 0.2) is 11.0 Å². The quantitative estimate of drug-likeness (QED) is 0.902. The molecule has 0 bridgehead atoms. The number of imidazole rings is 1. The Kier molecular flexibility index (Phi) is 3.21. The van der Waals surface area contributed by atoms with Crippen molar-refractivity contribution in [2.75, 3.05) is 6.67 Å². The topological polar surface area (TPSA) is 67.1 Å². The summed E-state index contributed by atoms with van der Waals surface area (Å²) in [5.41, 5.74) is 6.66. The van der Waals surface area contributed by atoms with Crippen LogP contribution in [0.5, 0.6) is 0 Å². The third-order valence-electron chi connectivity index (χ3n) is 2.36. The third-order valence-corrected chi connectivity index (χ3v) is 3.96. The van der Waals surface area contributed by atoms with E-state index in [1.807, 2.05) is 5.38 Å². The molecule has 0 fully saturated rings. The van der Waals surface area contributed by atoms with E-state index in [0.29, 0.717) is 23.5 Å². The molecular formula is C9H8Cl2N6S.